The average Bonchev–Trinajstić information content (AvgIpc) is 2.59. The third-order valence-electron chi connectivity index (χ3n) is 4.86. The van der Waals surface area contributed by atoms with Crippen LogP contribution in [0.5, 0.6) is 0 Å². The molecule has 1 aliphatic rings. The second kappa shape index (κ2) is 7.97. The van der Waals surface area contributed by atoms with Gasteiger partial charge in [0, 0.05) is 18.0 Å². The van der Waals surface area contributed by atoms with E-state index in [4.69, 9.17) is 14.7 Å². The van der Waals surface area contributed by atoms with E-state index in [1.54, 1.807) is 4.90 Å². The normalized spacial score (nSPS) is 22.8. The van der Waals surface area contributed by atoms with Gasteiger partial charge in [0.1, 0.15) is 5.60 Å². The standard InChI is InChI=1S/C17H34N4O3Si/c1-16(2,3)23-15(22)21-11-9-10-14(13(12-21)19-20-18)24-25(7,8)17(4,5)6/h13-14H,9-12H2,1-8H3/t13-,14-/m0/s1. The van der Waals surface area contributed by atoms with Gasteiger partial charge in [0.25, 0.3) is 0 Å². The largest absolute Gasteiger partial charge is 0.444 e. The van der Waals surface area contributed by atoms with Crippen LogP contribution in [0.2, 0.25) is 18.1 Å². The lowest BCUT2D eigenvalue weighted by Gasteiger charge is -2.40. The van der Waals surface area contributed by atoms with E-state index in [1.807, 2.05) is 20.8 Å². The highest BCUT2D eigenvalue weighted by Crippen LogP contribution is 2.38. The first-order valence-electron chi connectivity index (χ1n) is 8.97. The maximum atomic E-state index is 12.4. The number of carbonyl (C=O) groups excluding carboxylic acids is 1. The number of azide groups is 1. The first kappa shape index (κ1) is 21.8. The van der Waals surface area contributed by atoms with Gasteiger partial charge in [0.15, 0.2) is 8.32 Å². The summed E-state index contributed by atoms with van der Waals surface area (Å²) in [5.74, 6) is 0. The zero-order valence-electron chi connectivity index (χ0n) is 17.0. The van der Waals surface area contributed by atoms with E-state index in [9.17, 15) is 4.79 Å². The highest BCUT2D eigenvalue weighted by Gasteiger charge is 2.42. The van der Waals surface area contributed by atoms with Crippen molar-refractivity contribution in [1.29, 1.82) is 0 Å². The number of hydrogen-bond donors (Lipinski definition) is 0. The number of hydrogen-bond acceptors (Lipinski definition) is 4. The van der Waals surface area contributed by atoms with E-state index in [0.717, 1.165) is 12.8 Å². The smallest absolute Gasteiger partial charge is 0.410 e. The first-order valence-corrected chi connectivity index (χ1v) is 11.9. The number of likely N-dealkylation sites (tertiary alicyclic amines) is 1. The molecule has 0 spiro atoms. The Morgan fingerprint density at radius 3 is 2.32 bits per heavy atom. The monoisotopic (exact) mass is 370 g/mol. The Kier molecular flexibility index (Phi) is 6.95. The lowest BCUT2D eigenvalue weighted by atomic mass is 10.1. The molecule has 8 heteroatoms. The molecule has 0 radical (unpaired) electrons. The summed E-state index contributed by atoms with van der Waals surface area (Å²) in [7, 11) is -1.99. The molecule has 0 saturated carbocycles. The van der Waals surface area contributed by atoms with E-state index >= 15 is 0 Å². The molecule has 1 saturated heterocycles. The number of amides is 1. The van der Waals surface area contributed by atoms with E-state index in [-0.39, 0.29) is 17.2 Å². The van der Waals surface area contributed by atoms with Crippen LogP contribution in [-0.4, -0.2) is 50.1 Å². The summed E-state index contributed by atoms with van der Waals surface area (Å²) in [6.45, 7) is 17.4. The zero-order chi connectivity index (χ0) is 19.5. The van der Waals surface area contributed by atoms with Crippen molar-refractivity contribution >= 4 is 14.4 Å². The minimum atomic E-state index is -1.99. The Balaban J connectivity index is 2.94. The van der Waals surface area contributed by atoms with Crippen molar-refractivity contribution in [3.05, 3.63) is 10.4 Å². The number of ether oxygens (including phenoxy) is 1. The molecule has 7 nitrogen and oxygen atoms in total. The van der Waals surface area contributed by atoms with Gasteiger partial charge in [-0.3, -0.25) is 0 Å². The van der Waals surface area contributed by atoms with Crippen LogP contribution < -0.4 is 0 Å². The lowest BCUT2D eigenvalue weighted by molar-refractivity contribution is 0.0239. The molecule has 1 amide bonds. The Labute approximate surface area is 152 Å². The molecule has 0 bridgehead atoms. The van der Waals surface area contributed by atoms with Crippen LogP contribution in [0, 0.1) is 0 Å². The van der Waals surface area contributed by atoms with E-state index in [2.05, 4.69) is 43.9 Å². The van der Waals surface area contributed by atoms with Crippen molar-refractivity contribution in [2.24, 2.45) is 5.11 Å². The van der Waals surface area contributed by atoms with Gasteiger partial charge in [-0.15, -0.1) is 0 Å². The van der Waals surface area contributed by atoms with Gasteiger partial charge in [-0.1, -0.05) is 25.9 Å². The molecule has 25 heavy (non-hydrogen) atoms. The van der Waals surface area contributed by atoms with Crippen molar-refractivity contribution < 1.29 is 14.0 Å². The number of carbonyl (C=O) groups is 1. The molecule has 0 aromatic rings. The van der Waals surface area contributed by atoms with Crippen LogP contribution in [0.1, 0.15) is 54.4 Å². The summed E-state index contributed by atoms with van der Waals surface area (Å²) in [5.41, 5.74) is 8.43. The van der Waals surface area contributed by atoms with E-state index in [0.29, 0.717) is 13.1 Å². The Morgan fingerprint density at radius 2 is 1.84 bits per heavy atom. The fourth-order valence-electron chi connectivity index (χ4n) is 2.47. The minimum Gasteiger partial charge on any atom is -0.444 e. The summed E-state index contributed by atoms with van der Waals surface area (Å²) >= 11 is 0. The van der Waals surface area contributed by atoms with Crippen molar-refractivity contribution in [2.75, 3.05) is 13.1 Å². The molecule has 0 aliphatic carbocycles. The molecule has 2 atom stereocenters. The van der Waals surface area contributed by atoms with Gasteiger partial charge in [0.05, 0.1) is 12.1 Å². The maximum absolute atomic E-state index is 12.4. The molecule has 0 unspecified atom stereocenters. The molecular weight excluding hydrogens is 336 g/mol. The molecule has 1 rings (SSSR count). The van der Waals surface area contributed by atoms with E-state index in [1.165, 1.54) is 0 Å². The van der Waals surface area contributed by atoms with Gasteiger partial charge < -0.3 is 14.1 Å². The van der Waals surface area contributed by atoms with Crippen LogP contribution >= 0.6 is 0 Å². The molecular formula is C17H34N4O3Si. The predicted molar refractivity (Wildman–Crippen MR) is 102 cm³/mol. The fourth-order valence-corrected chi connectivity index (χ4v) is 3.86. The molecule has 1 aliphatic heterocycles. The van der Waals surface area contributed by atoms with Crippen LogP contribution in [0.4, 0.5) is 4.79 Å². The fraction of sp³-hybridized carbons (Fsp3) is 0.941. The second-order valence-electron chi connectivity index (χ2n) is 9.26. The summed E-state index contributed by atoms with van der Waals surface area (Å²) in [6.07, 6.45) is 1.05. The van der Waals surface area contributed by atoms with Gasteiger partial charge in [0.2, 0.25) is 0 Å². The predicted octanol–water partition coefficient (Wildman–Crippen LogP) is 5.09. The van der Waals surface area contributed by atoms with Gasteiger partial charge in [-0.05, 0) is 57.3 Å². The van der Waals surface area contributed by atoms with Crippen molar-refractivity contribution in [1.82, 2.24) is 4.90 Å². The van der Waals surface area contributed by atoms with Gasteiger partial charge in [-0.25, -0.2) is 4.79 Å². The number of nitrogens with zero attached hydrogens (tertiary/aromatic N) is 4. The third-order valence-corrected chi connectivity index (χ3v) is 9.36. The van der Waals surface area contributed by atoms with Crippen LogP contribution in [0.25, 0.3) is 10.4 Å². The Morgan fingerprint density at radius 1 is 1.24 bits per heavy atom. The molecule has 0 N–H and O–H groups in total. The summed E-state index contributed by atoms with van der Waals surface area (Å²) in [5, 5.41) is 4.02. The van der Waals surface area contributed by atoms with Crippen molar-refractivity contribution in [3.8, 4) is 0 Å². The highest BCUT2D eigenvalue weighted by atomic mass is 28.4. The molecule has 1 fully saturated rings. The topological polar surface area (TPSA) is 87.5 Å². The highest BCUT2D eigenvalue weighted by molar-refractivity contribution is 6.74. The Hall–Kier alpha value is -1.24. The summed E-state index contributed by atoms with van der Waals surface area (Å²) < 4.78 is 12.0. The van der Waals surface area contributed by atoms with Crippen LogP contribution in [0.15, 0.2) is 5.11 Å². The SMILES string of the molecule is CC(C)(C)OC(=O)N1CCC[C@H](O[Si](C)(C)C(C)(C)C)[C@@H](N=[N+]=[N-])C1. The first-order chi connectivity index (χ1) is 11.3. The maximum Gasteiger partial charge on any atom is 0.410 e. The molecule has 144 valence electrons. The molecule has 0 aromatic carbocycles. The summed E-state index contributed by atoms with van der Waals surface area (Å²) in [6, 6.07) is -0.394. The number of rotatable bonds is 3. The van der Waals surface area contributed by atoms with Crippen molar-refractivity contribution in [2.45, 2.75) is 90.3 Å². The third kappa shape index (κ3) is 6.53. The quantitative estimate of drug-likeness (QED) is 0.300. The van der Waals surface area contributed by atoms with Crippen LogP contribution in [-0.2, 0) is 9.16 Å². The molecule has 0 aromatic heterocycles. The zero-order valence-corrected chi connectivity index (χ0v) is 18.0. The Bertz CT molecular complexity index is 519. The molecule has 1 heterocycles. The van der Waals surface area contributed by atoms with Gasteiger partial charge in [-0.2, -0.15) is 0 Å². The van der Waals surface area contributed by atoms with Gasteiger partial charge >= 0.3 is 6.09 Å². The average molecular weight is 371 g/mol. The van der Waals surface area contributed by atoms with E-state index < -0.39 is 20.0 Å². The lowest BCUT2D eigenvalue weighted by Crippen LogP contribution is -2.48. The minimum absolute atomic E-state index is 0.0745. The summed E-state index contributed by atoms with van der Waals surface area (Å²) in [4.78, 5) is 17.0. The van der Waals surface area contributed by atoms with Crippen molar-refractivity contribution in [3.63, 3.8) is 0 Å². The second-order valence-corrected chi connectivity index (χ2v) is 14.0. The van der Waals surface area contributed by atoms with Crippen LogP contribution in [0.3, 0.4) is 0 Å².